The molecule has 0 unspecified atom stereocenters. The van der Waals surface area contributed by atoms with E-state index in [2.05, 4.69) is 14.0 Å². The van der Waals surface area contributed by atoms with Crippen LogP contribution in [0.15, 0.2) is 18.7 Å². The van der Waals surface area contributed by atoms with Gasteiger partial charge in [0.05, 0.1) is 87.7 Å². The third-order valence-corrected chi connectivity index (χ3v) is 8.17. The summed E-state index contributed by atoms with van der Waals surface area (Å²) in [6, 6.07) is 0. The number of aryl methyl sites for hydroxylation is 2. The number of piperidine rings is 1. The first-order valence-corrected chi connectivity index (χ1v) is 16.2. The van der Waals surface area contributed by atoms with Crippen molar-refractivity contribution in [3.63, 3.8) is 0 Å². The molecule has 0 aromatic carbocycles. The average molecular weight is 556 g/mol. The maximum absolute atomic E-state index is 10.3. The molecule has 0 aliphatic carbocycles. The summed E-state index contributed by atoms with van der Waals surface area (Å²) in [6.07, 6.45) is 13.5. The summed E-state index contributed by atoms with van der Waals surface area (Å²) in [4.78, 5) is 0. The van der Waals surface area contributed by atoms with Gasteiger partial charge in [-0.15, -0.1) is 0 Å². The number of rotatable bonds is 12. The zero-order valence-corrected chi connectivity index (χ0v) is 25.0. The van der Waals surface area contributed by atoms with Crippen molar-refractivity contribution in [1.29, 1.82) is 0 Å². The molecule has 1 aromatic heterocycles. The van der Waals surface area contributed by atoms with Crippen molar-refractivity contribution in [3.8, 4) is 0 Å². The third kappa shape index (κ3) is 20.1. The summed E-state index contributed by atoms with van der Waals surface area (Å²) in [5.74, 6) is -0.538. The van der Waals surface area contributed by atoms with Gasteiger partial charge < -0.3 is 18.1 Å². The van der Waals surface area contributed by atoms with Crippen LogP contribution < -0.4 is 4.57 Å². The first-order valence-electron chi connectivity index (χ1n) is 13.0. The van der Waals surface area contributed by atoms with Gasteiger partial charge in [0.2, 0.25) is 6.33 Å². The quantitative estimate of drug-likeness (QED) is 0.220. The van der Waals surface area contributed by atoms with Gasteiger partial charge in [-0.2, -0.15) is 0 Å². The van der Waals surface area contributed by atoms with Crippen molar-refractivity contribution in [1.82, 2.24) is 4.57 Å². The van der Waals surface area contributed by atoms with E-state index in [4.69, 9.17) is 0 Å². The van der Waals surface area contributed by atoms with E-state index >= 15 is 0 Å². The van der Waals surface area contributed by atoms with E-state index in [0.29, 0.717) is 19.4 Å². The number of imidazole rings is 1. The highest BCUT2D eigenvalue weighted by atomic mass is 32.2. The fourth-order valence-electron chi connectivity index (χ4n) is 3.92. The highest BCUT2D eigenvalue weighted by Crippen LogP contribution is 2.16. The van der Waals surface area contributed by atoms with Gasteiger partial charge in [0.1, 0.15) is 12.4 Å². The number of nitrogens with zero attached hydrogens (tertiary/aromatic N) is 4. The van der Waals surface area contributed by atoms with Gasteiger partial charge in [0.15, 0.2) is 0 Å². The van der Waals surface area contributed by atoms with Crippen LogP contribution in [0.2, 0.25) is 0 Å². The van der Waals surface area contributed by atoms with Crippen LogP contribution >= 0.6 is 0 Å². The van der Waals surface area contributed by atoms with E-state index < -0.39 is 20.2 Å². The van der Waals surface area contributed by atoms with E-state index in [0.717, 1.165) is 17.6 Å². The molecular formula is C24H51N4O6S2+. The molecule has 0 saturated carbocycles. The predicted octanol–water partition coefficient (Wildman–Crippen LogP) is 1.68. The molecule has 2 heterocycles. The van der Waals surface area contributed by atoms with Gasteiger partial charge in [-0.05, 0) is 39.0 Å². The number of quaternary nitrogens is 2. The van der Waals surface area contributed by atoms with Crippen LogP contribution in [0.25, 0.3) is 0 Å². The van der Waals surface area contributed by atoms with Gasteiger partial charge in [-0.1, -0.05) is 13.3 Å². The smallest absolute Gasteiger partial charge is 0.243 e. The minimum atomic E-state index is -4.06. The highest BCUT2D eigenvalue weighted by Gasteiger charge is 2.23. The van der Waals surface area contributed by atoms with Crippen LogP contribution in [0, 0.1) is 0 Å². The Morgan fingerprint density at radius 3 is 1.94 bits per heavy atom. The van der Waals surface area contributed by atoms with Crippen LogP contribution in [0.3, 0.4) is 0 Å². The number of aromatic nitrogens is 2. The fraction of sp³-hybridized carbons (Fsp3) is 0.875. The largest absolute Gasteiger partial charge is 0.748 e. The van der Waals surface area contributed by atoms with Gasteiger partial charge in [0.25, 0.3) is 0 Å². The molecule has 1 aliphatic rings. The van der Waals surface area contributed by atoms with Gasteiger partial charge >= 0.3 is 0 Å². The van der Waals surface area contributed by atoms with Crippen molar-refractivity contribution in [2.45, 2.75) is 65.3 Å². The molecule has 214 valence electrons. The molecule has 1 saturated heterocycles. The molecule has 0 N–H and O–H groups in total. The van der Waals surface area contributed by atoms with Crippen LogP contribution in [-0.4, -0.2) is 105 Å². The molecule has 12 heteroatoms. The van der Waals surface area contributed by atoms with Gasteiger partial charge in [-0.25, -0.2) is 26.0 Å². The normalized spacial score (nSPS) is 15.9. The molecule has 1 fully saturated rings. The Morgan fingerprint density at radius 1 is 0.944 bits per heavy atom. The SMILES string of the molecule is CCCC[N+]1(C)CCCCC1.CC[N+](C)(C)CCCS(=O)(=O)[O-].C[n+]1ccn(CCCS(=O)(=O)[O-])c1. The van der Waals surface area contributed by atoms with Crippen LogP contribution in [-0.2, 0) is 33.8 Å². The Bertz CT molecular complexity index is 924. The number of unbranched alkanes of at least 4 members (excludes halogenated alkanes) is 1. The molecule has 1 aliphatic heterocycles. The molecule has 10 nitrogen and oxygen atoms in total. The first kappa shape index (κ1) is 35.0. The van der Waals surface area contributed by atoms with Crippen LogP contribution in [0.1, 0.15) is 58.8 Å². The first-order chi connectivity index (χ1) is 16.5. The van der Waals surface area contributed by atoms with E-state index in [1.807, 2.05) is 55.9 Å². The van der Waals surface area contributed by atoms with E-state index in [-0.39, 0.29) is 11.5 Å². The van der Waals surface area contributed by atoms with Crippen molar-refractivity contribution in [3.05, 3.63) is 18.7 Å². The lowest BCUT2D eigenvalue weighted by Gasteiger charge is -2.37. The predicted molar refractivity (Wildman–Crippen MR) is 141 cm³/mol. The van der Waals surface area contributed by atoms with Crippen molar-refractivity contribution >= 4 is 20.2 Å². The number of likely N-dealkylation sites (tertiary alicyclic amines) is 1. The fourth-order valence-corrected chi connectivity index (χ4v) is 4.89. The Labute approximate surface area is 220 Å². The van der Waals surface area contributed by atoms with E-state index in [1.54, 1.807) is 0 Å². The average Bonchev–Trinajstić information content (AvgIpc) is 3.17. The van der Waals surface area contributed by atoms with Crippen LogP contribution in [0.4, 0.5) is 0 Å². The molecule has 0 atom stereocenters. The second-order valence-corrected chi connectivity index (χ2v) is 13.8. The van der Waals surface area contributed by atoms with Gasteiger partial charge in [0, 0.05) is 17.9 Å². The molecule has 0 radical (unpaired) electrons. The minimum Gasteiger partial charge on any atom is -0.748 e. The maximum Gasteiger partial charge on any atom is 0.243 e. The van der Waals surface area contributed by atoms with Crippen molar-refractivity contribution in [2.75, 3.05) is 65.4 Å². The molecular weight excluding hydrogens is 504 g/mol. The Balaban J connectivity index is 0.000000512. The summed E-state index contributed by atoms with van der Waals surface area (Å²) in [5, 5.41) is 0. The topological polar surface area (TPSA) is 123 Å². The Morgan fingerprint density at radius 2 is 1.50 bits per heavy atom. The monoisotopic (exact) mass is 555 g/mol. The lowest BCUT2D eigenvalue weighted by Crippen LogP contribution is -2.48. The Kier molecular flexibility index (Phi) is 16.2. The zero-order chi connectivity index (χ0) is 27.9. The second-order valence-electron chi connectivity index (χ2n) is 10.7. The lowest BCUT2D eigenvalue weighted by molar-refractivity contribution is -0.914. The summed E-state index contributed by atoms with van der Waals surface area (Å²) in [5.41, 5.74) is 0. The summed E-state index contributed by atoms with van der Waals surface area (Å²) in [7, 11) is 0.252. The molecule has 1 aromatic rings. The molecule has 0 bridgehead atoms. The summed E-state index contributed by atoms with van der Waals surface area (Å²) < 4.78 is 67.3. The van der Waals surface area contributed by atoms with Crippen molar-refractivity contribution < 1.29 is 39.5 Å². The summed E-state index contributed by atoms with van der Waals surface area (Å²) >= 11 is 0. The molecule has 2 rings (SSSR count). The van der Waals surface area contributed by atoms with Crippen molar-refractivity contribution in [2.24, 2.45) is 7.05 Å². The zero-order valence-electron chi connectivity index (χ0n) is 23.4. The molecule has 0 amide bonds. The second kappa shape index (κ2) is 16.7. The maximum atomic E-state index is 10.3. The number of hydrogen-bond acceptors (Lipinski definition) is 6. The van der Waals surface area contributed by atoms with Gasteiger partial charge in [-0.3, -0.25) is 0 Å². The molecule has 0 spiro atoms. The summed E-state index contributed by atoms with van der Waals surface area (Å²) in [6.45, 7) is 10.8. The van der Waals surface area contributed by atoms with E-state index in [1.165, 1.54) is 56.2 Å². The van der Waals surface area contributed by atoms with E-state index in [9.17, 15) is 25.9 Å². The highest BCUT2D eigenvalue weighted by molar-refractivity contribution is 7.85. The Hall–Kier alpha value is -1.05. The molecule has 36 heavy (non-hydrogen) atoms. The standard InChI is InChI=1S/C10H22N.C7H12N2O3S.C7H17NO3S/c1-3-4-8-11(2)9-6-5-7-10-11;1-8-4-5-9(7-8)3-2-6-13(10,11)12;1-4-8(2,3)6-5-7-12(9,10)11/h3-10H2,1-2H3;4-5,7H,2-3,6H2,1H3;4-7H2,1-3H3/q+1;;. The minimum absolute atomic E-state index is 0.241. The third-order valence-electron chi connectivity index (χ3n) is 6.60. The lowest BCUT2D eigenvalue weighted by atomic mass is 10.1. The number of hydrogen-bond donors (Lipinski definition) is 0. The van der Waals surface area contributed by atoms with Crippen LogP contribution in [0.5, 0.6) is 0 Å².